The van der Waals surface area contributed by atoms with Crippen LogP contribution in [0.3, 0.4) is 0 Å². The Morgan fingerprint density at radius 3 is 2.43 bits per heavy atom. The lowest BCUT2D eigenvalue weighted by molar-refractivity contribution is -0.134. The van der Waals surface area contributed by atoms with E-state index in [0.717, 1.165) is 75.2 Å². The topological polar surface area (TPSA) is 60.0 Å². The number of likely N-dealkylation sites (tertiary alicyclic amines) is 1. The van der Waals surface area contributed by atoms with Gasteiger partial charge in [-0.15, -0.1) is 0 Å². The van der Waals surface area contributed by atoms with E-state index in [-0.39, 0.29) is 11.8 Å². The summed E-state index contributed by atoms with van der Waals surface area (Å²) >= 11 is 0. The fourth-order valence-electron chi connectivity index (χ4n) is 6.45. The second-order valence-electron chi connectivity index (χ2n) is 11.2. The molecule has 198 valence electrons. The number of benzene rings is 1. The minimum atomic E-state index is 0.0571. The minimum absolute atomic E-state index is 0.0571. The van der Waals surface area contributed by atoms with Crippen molar-refractivity contribution in [1.82, 2.24) is 19.7 Å². The summed E-state index contributed by atoms with van der Waals surface area (Å²) in [7, 11) is 2.16. The van der Waals surface area contributed by atoms with Crippen LogP contribution >= 0.6 is 0 Å². The van der Waals surface area contributed by atoms with Gasteiger partial charge in [-0.2, -0.15) is 0 Å². The highest BCUT2D eigenvalue weighted by Crippen LogP contribution is 2.33. The quantitative estimate of drug-likeness (QED) is 0.633. The van der Waals surface area contributed by atoms with E-state index in [2.05, 4.69) is 38.9 Å². The molecule has 1 aromatic carbocycles. The fourth-order valence-corrected chi connectivity index (χ4v) is 6.45. The number of hydrogen-bond acceptors (Lipinski definition) is 5. The normalized spacial score (nSPS) is 23.9. The molecule has 5 rings (SSSR count). The second kappa shape index (κ2) is 11.7. The molecule has 3 aliphatic rings. The number of piperidine rings is 1. The van der Waals surface area contributed by atoms with Crippen molar-refractivity contribution in [1.29, 1.82) is 0 Å². The molecular weight excluding hydrogens is 462 g/mol. The number of pyridine rings is 1. The van der Waals surface area contributed by atoms with Crippen LogP contribution in [0.2, 0.25) is 0 Å². The molecule has 37 heavy (non-hydrogen) atoms. The van der Waals surface area contributed by atoms with Gasteiger partial charge in [0.2, 0.25) is 11.8 Å². The van der Waals surface area contributed by atoms with Crippen molar-refractivity contribution in [3.63, 3.8) is 0 Å². The zero-order valence-electron chi connectivity index (χ0n) is 22.4. The third-order valence-corrected chi connectivity index (χ3v) is 8.64. The van der Waals surface area contributed by atoms with Crippen molar-refractivity contribution in [3.8, 4) is 0 Å². The molecule has 0 N–H and O–H groups in total. The maximum Gasteiger partial charge on any atom is 0.223 e. The number of para-hydroxylation sites is 1. The van der Waals surface area contributed by atoms with Gasteiger partial charge in [0.1, 0.15) is 0 Å². The summed E-state index contributed by atoms with van der Waals surface area (Å²) in [6.07, 6.45) is 7.71. The average molecular weight is 504 g/mol. The van der Waals surface area contributed by atoms with Crippen molar-refractivity contribution in [2.24, 2.45) is 5.92 Å². The highest BCUT2D eigenvalue weighted by Gasteiger charge is 2.37. The number of carbonyl (C=O) groups excluding carboxylic acids is 2. The molecule has 2 atom stereocenters. The lowest BCUT2D eigenvalue weighted by Gasteiger charge is -2.35. The van der Waals surface area contributed by atoms with Crippen molar-refractivity contribution >= 4 is 17.5 Å². The Morgan fingerprint density at radius 1 is 0.919 bits per heavy atom. The summed E-state index contributed by atoms with van der Waals surface area (Å²) in [5, 5.41) is 0. The number of amides is 2. The van der Waals surface area contributed by atoms with E-state index in [1.807, 2.05) is 41.4 Å². The first kappa shape index (κ1) is 25.9. The van der Waals surface area contributed by atoms with Crippen molar-refractivity contribution < 1.29 is 9.59 Å². The van der Waals surface area contributed by atoms with Crippen LogP contribution in [0, 0.1) is 5.92 Å². The van der Waals surface area contributed by atoms with Crippen LogP contribution in [0.25, 0.3) is 0 Å². The Balaban J connectivity index is 1.44. The summed E-state index contributed by atoms with van der Waals surface area (Å²) < 4.78 is 0. The van der Waals surface area contributed by atoms with Gasteiger partial charge in [0.25, 0.3) is 0 Å². The lowest BCUT2D eigenvalue weighted by atomic mass is 9.93. The Labute approximate surface area is 221 Å². The number of hydrogen-bond donors (Lipinski definition) is 0. The molecule has 1 aromatic heterocycles. The number of nitrogens with zero attached hydrogens (tertiary/aromatic N) is 5. The molecule has 0 unspecified atom stereocenters. The van der Waals surface area contributed by atoms with Gasteiger partial charge in [0.15, 0.2) is 0 Å². The van der Waals surface area contributed by atoms with Crippen LogP contribution < -0.4 is 4.90 Å². The predicted molar refractivity (Wildman–Crippen MR) is 146 cm³/mol. The Hall–Kier alpha value is -2.77. The van der Waals surface area contributed by atoms with Gasteiger partial charge in [-0.25, -0.2) is 0 Å². The van der Waals surface area contributed by atoms with Crippen LogP contribution in [-0.2, 0) is 22.7 Å². The SMILES string of the molecule is CC(=O)N1CC[C@@H]2CC[C@H](CN(C(=O)CC3CCN(C)CC3)Cc3ccccc31)N2Cc1ccccn1. The van der Waals surface area contributed by atoms with Crippen molar-refractivity contribution in [2.75, 3.05) is 38.1 Å². The molecule has 7 heteroatoms. The molecule has 4 heterocycles. The summed E-state index contributed by atoms with van der Waals surface area (Å²) in [5.41, 5.74) is 3.06. The molecule has 2 amide bonds. The molecule has 0 radical (unpaired) electrons. The maximum atomic E-state index is 13.9. The third-order valence-electron chi connectivity index (χ3n) is 8.64. The molecular formula is C30H41N5O2. The Kier molecular flexibility index (Phi) is 8.20. The summed E-state index contributed by atoms with van der Waals surface area (Å²) in [4.78, 5) is 40.2. The molecule has 2 saturated heterocycles. The number of anilines is 1. The lowest BCUT2D eigenvalue weighted by Crippen LogP contribution is -2.45. The van der Waals surface area contributed by atoms with Gasteiger partial charge in [0.05, 0.1) is 5.69 Å². The molecule has 0 saturated carbocycles. The predicted octanol–water partition coefficient (Wildman–Crippen LogP) is 3.93. The molecule has 3 aliphatic heterocycles. The standard InChI is InChI=1S/C30H41N5O2/c1-23(36)34-18-14-27-10-11-28(35(27)21-26-8-5-6-15-31-26)22-33(20-25-7-3-4-9-29(25)34)30(37)19-24-12-16-32(2)17-13-24/h3-9,15,24,27-28H,10-14,16-22H2,1-2H3/t27-,28+/m0/s1. The highest BCUT2D eigenvalue weighted by atomic mass is 16.2. The fraction of sp³-hybridized carbons (Fsp3) is 0.567. The molecule has 0 aliphatic carbocycles. The van der Waals surface area contributed by atoms with Gasteiger partial charge in [-0.05, 0) is 81.9 Å². The average Bonchev–Trinajstić information content (AvgIpc) is 3.25. The maximum absolute atomic E-state index is 13.9. The molecule has 2 bridgehead atoms. The molecule has 2 aromatic rings. The van der Waals surface area contributed by atoms with Gasteiger partial charge in [-0.1, -0.05) is 24.3 Å². The summed E-state index contributed by atoms with van der Waals surface area (Å²) in [5.74, 6) is 0.757. The van der Waals surface area contributed by atoms with Crippen LogP contribution in [-0.4, -0.2) is 76.8 Å². The zero-order chi connectivity index (χ0) is 25.8. The smallest absolute Gasteiger partial charge is 0.223 e. The Bertz CT molecular complexity index is 1070. The van der Waals surface area contributed by atoms with Gasteiger partial charge >= 0.3 is 0 Å². The van der Waals surface area contributed by atoms with E-state index in [1.165, 1.54) is 0 Å². The van der Waals surface area contributed by atoms with E-state index < -0.39 is 0 Å². The summed E-state index contributed by atoms with van der Waals surface area (Å²) in [6.45, 7) is 6.52. The monoisotopic (exact) mass is 503 g/mol. The second-order valence-corrected chi connectivity index (χ2v) is 11.2. The van der Waals surface area contributed by atoms with Gasteiger partial charge < -0.3 is 14.7 Å². The summed E-state index contributed by atoms with van der Waals surface area (Å²) in [6, 6.07) is 14.9. The number of carbonyl (C=O) groups is 2. The highest BCUT2D eigenvalue weighted by molar-refractivity contribution is 5.92. The zero-order valence-corrected chi connectivity index (χ0v) is 22.4. The minimum Gasteiger partial charge on any atom is -0.337 e. The third kappa shape index (κ3) is 6.21. The van der Waals surface area contributed by atoms with E-state index in [9.17, 15) is 9.59 Å². The number of aromatic nitrogens is 1. The number of fused-ring (bicyclic) bond motifs is 3. The first-order valence-electron chi connectivity index (χ1n) is 14.0. The molecule has 7 nitrogen and oxygen atoms in total. The van der Waals surface area contributed by atoms with Crippen LogP contribution in [0.15, 0.2) is 48.7 Å². The number of rotatable bonds is 4. The Morgan fingerprint density at radius 2 is 1.68 bits per heavy atom. The van der Waals surface area contributed by atoms with Crippen LogP contribution in [0.4, 0.5) is 5.69 Å². The van der Waals surface area contributed by atoms with Gasteiger partial charge in [-0.3, -0.25) is 19.5 Å². The van der Waals surface area contributed by atoms with E-state index in [4.69, 9.17) is 0 Å². The first-order chi connectivity index (χ1) is 18.0. The molecule has 0 spiro atoms. The van der Waals surface area contributed by atoms with Crippen LogP contribution in [0.5, 0.6) is 0 Å². The van der Waals surface area contributed by atoms with Gasteiger partial charge in [0, 0.05) is 63.5 Å². The molecule has 2 fully saturated rings. The van der Waals surface area contributed by atoms with Crippen molar-refractivity contribution in [2.45, 2.75) is 70.6 Å². The van der Waals surface area contributed by atoms with E-state index in [1.54, 1.807) is 6.92 Å². The van der Waals surface area contributed by atoms with E-state index in [0.29, 0.717) is 37.5 Å². The van der Waals surface area contributed by atoms with Crippen molar-refractivity contribution in [3.05, 3.63) is 59.9 Å². The largest absolute Gasteiger partial charge is 0.337 e. The van der Waals surface area contributed by atoms with E-state index >= 15 is 0 Å². The first-order valence-corrected chi connectivity index (χ1v) is 14.0. The van der Waals surface area contributed by atoms with Crippen LogP contribution in [0.1, 0.15) is 56.7 Å².